The summed E-state index contributed by atoms with van der Waals surface area (Å²) < 4.78 is 16.7. The second-order valence-electron chi connectivity index (χ2n) is 5.08. The molecule has 0 aromatic carbocycles. The predicted molar refractivity (Wildman–Crippen MR) is 65.3 cm³/mol. The molecule has 5 nitrogen and oxygen atoms in total. The first-order chi connectivity index (χ1) is 8.24. The molecule has 17 heavy (non-hydrogen) atoms. The largest absolute Gasteiger partial charge is 0.378 e. The zero-order valence-electron chi connectivity index (χ0n) is 10.9. The summed E-state index contributed by atoms with van der Waals surface area (Å²) >= 11 is 0. The Balaban J connectivity index is 1.67. The van der Waals surface area contributed by atoms with Crippen LogP contribution in [0.25, 0.3) is 0 Å². The molecule has 1 N–H and O–H groups in total. The molecule has 100 valence electrons. The highest BCUT2D eigenvalue weighted by molar-refractivity contribution is 4.87. The Morgan fingerprint density at radius 1 is 1.47 bits per heavy atom. The van der Waals surface area contributed by atoms with Crippen LogP contribution in [0.1, 0.15) is 6.42 Å². The first-order valence-corrected chi connectivity index (χ1v) is 6.38. The molecule has 0 amide bonds. The highest BCUT2D eigenvalue weighted by Crippen LogP contribution is 2.21. The molecule has 0 bridgehead atoms. The summed E-state index contributed by atoms with van der Waals surface area (Å²) in [7, 11) is 3.90. The Morgan fingerprint density at radius 2 is 2.35 bits per heavy atom. The molecule has 2 heterocycles. The van der Waals surface area contributed by atoms with Gasteiger partial charge in [-0.1, -0.05) is 0 Å². The molecule has 0 aromatic rings. The van der Waals surface area contributed by atoms with E-state index in [-0.39, 0.29) is 5.60 Å². The molecule has 5 heteroatoms. The molecule has 2 aliphatic heterocycles. The molecule has 2 unspecified atom stereocenters. The SMILES string of the molecule is COC1(CNCC2CN(C)CCO2)CCOC1. The van der Waals surface area contributed by atoms with Gasteiger partial charge in [0.05, 0.1) is 19.3 Å². The van der Waals surface area contributed by atoms with Crippen molar-refractivity contribution in [2.45, 2.75) is 18.1 Å². The Hall–Kier alpha value is -0.200. The van der Waals surface area contributed by atoms with Gasteiger partial charge in [0.1, 0.15) is 5.60 Å². The maximum Gasteiger partial charge on any atom is 0.106 e. The molecule has 0 spiro atoms. The molecule has 0 radical (unpaired) electrons. The van der Waals surface area contributed by atoms with Gasteiger partial charge in [-0.25, -0.2) is 0 Å². The monoisotopic (exact) mass is 244 g/mol. The summed E-state index contributed by atoms with van der Waals surface area (Å²) in [5, 5.41) is 3.45. The molecular weight excluding hydrogens is 220 g/mol. The Kier molecular flexibility index (Phi) is 4.76. The fraction of sp³-hybridized carbons (Fsp3) is 1.00. The molecule has 2 rings (SSSR count). The number of hydrogen-bond donors (Lipinski definition) is 1. The van der Waals surface area contributed by atoms with E-state index in [1.54, 1.807) is 7.11 Å². The van der Waals surface area contributed by atoms with Crippen LogP contribution in [0.5, 0.6) is 0 Å². The Labute approximate surface area is 103 Å². The van der Waals surface area contributed by atoms with E-state index in [4.69, 9.17) is 14.2 Å². The summed E-state index contributed by atoms with van der Waals surface area (Å²) in [5.74, 6) is 0. The lowest BCUT2D eigenvalue weighted by Crippen LogP contribution is -2.49. The van der Waals surface area contributed by atoms with E-state index in [1.165, 1.54) is 0 Å². The number of methoxy groups -OCH3 is 1. The minimum absolute atomic E-state index is 0.124. The molecule has 2 saturated heterocycles. The van der Waals surface area contributed by atoms with E-state index in [0.717, 1.165) is 45.8 Å². The van der Waals surface area contributed by atoms with Gasteiger partial charge in [-0.3, -0.25) is 0 Å². The topological polar surface area (TPSA) is 43.0 Å². The molecule has 2 atom stereocenters. The number of likely N-dealkylation sites (N-methyl/N-ethyl adjacent to an activating group) is 1. The van der Waals surface area contributed by atoms with E-state index in [1.807, 2.05) is 0 Å². The summed E-state index contributed by atoms with van der Waals surface area (Å²) in [4.78, 5) is 2.31. The third kappa shape index (κ3) is 3.63. The van der Waals surface area contributed by atoms with E-state index in [2.05, 4.69) is 17.3 Å². The lowest BCUT2D eigenvalue weighted by atomic mass is 10.0. The van der Waals surface area contributed by atoms with Crippen LogP contribution in [0.2, 0.25) is 0 Å². The molecule has 0 saturated carbocycles. The zero-order chi connectivity index (χ0) is 12.1. The van der Waals surface area contributed by atoms with Gasteiger partial charge in [-0.15, -0.1) is 0 Å². The Morgan fingerprint density at radius 3 is 3.00 bits per heavy atom. The van der Waals surface area contributed by atoms with Crippen LogP contribution in [0.15, 0.2) is 0 Å². The molecule has 0 aromatic heterocycles. The van der Waals surface area contributed by atoms with Crippen LogP contribution in [-0.2, 0) is 14.2 Å². The number of nitrogens with one attached hydrogen (secondary N) is 1. The average molecular weight is 244 g/mol. The molecular formula is C12H24N2O3. The van der Waals surface area contributed by atoms with Crippen LogP contribution >= 0.6 is 0 Å². The van der Waals surface area contributed by atoms with E-state index >= 15 is 0 Å². The second kappa shape index (κ2) is 6.11. The maximum atomic E-state index is 5.70. The highest BCUT2D eigenvalue weighted by Gasteiger charge is 2.34. The first-order valence-electron chi connectivity index (χ1n) is 6.38. The minimum atomic E-state index is -0.124. The van der Waals surface area contributed by atoms with Crippen molar-refractivity contribution in [2.24, 2.45) is 0 Å². The van der Waals surface area contributed by atoms with Gasteiger partial charge >= 0.3 is 0 Å². The molecule has 2 fully saturated rings. The normalized spacial score (nSPS) is 35.3. The van der Waals surface area contributed by atoms with Gasteiger partial charge in [0.2, 0.25) is 0 Å². The van der Waals surface area contributed by atoms with Crippen LogP contribution in [0.4, 0.5) is 0 Å². The quantitative estimate of drug-likeness (QED) is 0.720. The average Bonchev–Trinajstić information content (AvgIpc) is 2.79. The van der Waals surface area contributed by atoms with Crippen molar-refractivity contribution in [3.8, 4) is 0 Å². The minimum Gasteiger partial charge on any atom is -0.378 e. The third-order valence-corrected chi connectivity index (χ3v) is 3.66. The van der Waals surface area contributed by atoms with Crippen molar-refractivity contribution in [3.63, 3.8) is 0 Å². The van der Waals surface area contributed by atoms with Gasteiger partial charge in [0.25, 0.3) is 0 Å². The standard InChI is InChI=1S/C12H24N2O3/c1-14-4-6-17-11(8-14)7-13-9-12(15-2)3-5-16-10-12/h11,13H,3-10H2,1-2H3. The van der Waals surface area contributed by atoms with Crippen molar-refractivity contribution >= 4 is 0 Å². The summed E-state index contributed by atoms with van der Waals surface area (Å²) in [6.07, 6.45) is 1.27. The number of hydrogen-bond acceptors (Lipinski definition) is 5. The van der Waals surface area contributed by atoms with Crippen LogP contribution in [0.3, 0.4) is 0 Å². The zero-order valence-corrected chi connectivity index (χ0v) is 10.9. The lowest BCUT2D eigenvalue weighted by molar-refractivity contribution is -0.0332. The van der Waals surface area contributed by atoms with Crippen LogP contribution < -0.4 is 5.32 Å². The van der Waals surface area contributed by atoms with E-state index < -0.39 is 0 Å². The summed E-state index contributed by atoms with van der Waals surface area (Å²) in [5.41, 5.74) is -0.124. The van der Waals surface area contributed by atoms with Crippen molar-refractivity contribution in [2.75, 3.05) is 60.2 Å². The highest BCUT2D eigenvalue weighted by atomic mass is 16.5. The van der Waals surface area contributed by atoms with Gasteiger partial charge in [0.15, 0.2) is 0 Å². The predicted octanol–water partition coefficient (Wildman–Crippen LogP) is -0.288. The summed E-state index contributed by atoms with van der Waals surface area (Å²) in [6.45, 7) is 6.10. The third-order valence-electron chi connectivity index (χ3n) is 3.66. The first kappa shape index (κ1) is 13.2. The molecule has 0 aliphatic carbocycles. The van der Waals surface area contributed by atoms with Crippen molar-refractivity contribution < 1.29 is 14.2 Å². The number of rotatable bonds is 5. The number of nitrogens with zero attached hydrogens (tertiary/aromatic N) is 1. The van der Waals surface area contributed by atoms with Crippen LogP contribution in [0, 0.1) is 0 Å². The van der Waals surface area contributed by atoms with Crippen molar-refractivity contribution in [1.82, 2.24) is 10.2 Å². The number of morpholine rings is 1. The van der Waals surface area contributed by atoms with Crippen LogP contribution in [-0.4, -0.2) is 76.8 Å². The fourth-order valence-corrected chi connectivity index (χ4v) is 2.41. The Bertz CT molecular complexity index is 232. The molecule has 2 aliphatic rings. The van der Waals surface area contributed by atoms with Crippen molar-refractivity contribution in [1.29, 1.82) is 0 Å². The van der Waals surface area contributed by atoms with Gasteiger partial charge in [0, 0.05) is 46.3 Å². The number of ether oxygens (including phenoxy) is 3. The van der Waals surface area contributed by atoms with E-state index in [0.29, 0.717) is 12.7 Å². The lowest BCUT2D eigenvalue weighted by Gasteiger charge is -2.32. The van der Waals surface area contributed by atoms with E-state index in [9.17, 15) is 0 Å². The smallest absolute Gasteiger partial charge is 0.106 e. The van der Waals surface area contributed by atoms with Gasteiger partial charge in [-0.2, -0.15) is 0 Å². The summed E-state index contributed by atoms with van der Waals surface area (Å²) in [6, 6.07) is 0. The van der Waals surface area contributed by atoms with Gasteiger partial charge in [-0.05, 0) is 7.05 Å². The fourth-order valence-electron chi connectivity index (χ4n) is 2.41. The maximum absolute atomic E-state index is 5.70. The second-order valence-corrected chi connectivity index (χ2v) is 5.08. The van der Waals surface area contributed by atoms with Gasteiger partial charge < -0.3 is 24.4 Å². The van der Waals surface area contributed by atoms with Crippen molar-refractivity contribution in [3.05, 3.63) is 0 Å².